The van der Waals surface area contributed by atoms with Gasteiger partial charge in [0.15, 0.2) is 0 Å². The second-order valence-corrected chi connectivity index (χ2v) is 4.22. The molecule has 0 spiro atoms. The van der Waals surface area contributed by atoms with Gasteiger partial charge in [-0.05, 0) is 31.4 Å². The van der Waals surface area contributed by atoms with Crippen molar-refractivity contribution in [1.82, 2.24) is 15.1 Å². The normalized spacial score (nSPS) is 10.5. The Morgan fingerprint density at radius 2 is 2.29 bits per heavy atom. The van der Waals surface area contributed by atoms with E-state index in [1.165, 1.54) is 0 Å². The highest BCUT2D eigenvalue weighted by Crippen LogP contribution is 1.99. The molecular formula is C12H22N4O. The standard InChI is InChI=1S/C12H22N4O/c1-16-10-11(9-15-16)6-8-14-12(17)5-3-2-4-7-13/h9-10H,2-8,13H2,1H3,(H,14,17). The van der Waals surface area contributed by atoms with Crippen molar-refractivity contribution in [1.29, 1.82) is 0 Å². The summed E-state index contributed by atoms with van der Waals surface area (Å²) in [5.74, 6) is 0.130. The summed E-state index contributed by atoms with van der Waals surface area (Å²) in [6, 6.07) is 0. The second kappa shape index (κ2) is 7.84. The number of rotatable bonds is 8. The molecule has 1 heterocycles. The number of hydrogen-bond acceptors (Lipinski definition) is 3. The van der Waals surface area contributed by atoms with E-state index in [9.17, 15) is 4.79 Å². The number of hydrogen-bond donors (Lipinski definition) is 2. The fourth-order valence-corrected chi connectivity index (χ4v) is 1.64. The van der Waals surface area contributed by atoms with Crippen LogP contribution in [0, 0.1) is 0 Å². The van der Waals surface area contributed by atoms with E-state index >= 15 is 0 Å². The van der Waals surface area contributed by atoms with Crippen LogP contribution in [0.5, 0.6) is 0 Å². The highest BCUT2D eigenvalue weighted by molar-refractivity contribution is 5.75. The van der Waals surface area contributed by atoms with E-state index in [0.717, 1.165) is 31.2 Å². The van der Waals surface area contributed by atoms with E-state index in [1.807, 2.05) is 19.4 Å². The van der Waals surface area contributed by atoms with Crippen LogP contribution >= 0.6 is 0 Å². The van der Waals surface area contributed by atoms with Gasteiger partial charge in [-0.15, -0.1) is 0 Å². The van der Waals surface area contributed by atoms with Gasteiger partial charge in [-0.3, -0.25) is 9.48 Å². The van der Waals surface area contributed by atoms with E-state index in [-0.39, 0.29) is 5.91 Å². The number of aryl methyl sites for hydroxylation is 1. The molecule has 0 bridgehead atoms. The van der Waals surface area contributed by atoms with Gasteiger partial charge in [0.25, 0.3) is 0 Å². The number of carbonyl (C=O) groups is 1. The number of nitrogens with zero attached hydrogens (tertiary/aromatic N) is 2. The zero-order valence-corrected chi connectivity index (χ0v) is 10.5. The van der Waals surface area contributed by atoms with Gasteiger partial charge >= 0.3 is 0 Å². The Morgan fingerprint density at radius 3 is 2.94 bits per heavy atom. The minimum absolute atomic E-state index is 0.130. The molecule has 0 unspecified atom stereocenters. The third kappa shape index (κ3) is 6.06. The smallest absolute Gasteiger partial charge is 0.220 e. The van der Waals surface area contributed by atoms with Crippen LogP contribution in [0.15, 0.2) is 12.4 Å². The fourth-order valence-electron chi connectivity index (χ4n) is 1.64. The first-order valence-electron chi connectivity index (χ1n) is 6.16. The van der Waals surface area contributed by atoms with Gasteiger partial charge in [-0.2, -0.15) is 5.10 Å². The molecule has 1 aromatic heterocycles. The first-order valence-corrected chi connectivity index (χ1v) is 6.16. The van der Waals surface area contributed by atoms with Crippen molar-refractivity contribution in [3.05, 3.63) is 18.0 Å². The zero-order chi connectivity index (χ0) is 12.5. The minimum atomic E-state index is 0.130. The van der Waals surface area contributed by atoms with Crippen molar-refractivity contribution < 1.29 is 4.79 Å². The molecule has 0 fully saturated rings. The van der Waals surface area contributed by atoms with Gasteiger partial charge in [-0.25, -0.2) is 0 Å². The Hall–Kier alpha value is -1.36. The number of carbonyl (C=O) groups excluding carboxylic acids is 1. The number of nitrogens with two attached hydrogens (primary N) is 1. The quantitative estimate of drug-likeness (QED) is 0.651. The maximum Gasteiger partial charge on any atom is 0.220 e. The van der Waals surface area contributed by atoms with Crippen molar-refractivity contribution in [2.75, 3.05) is 13.1 Å². The summed E-state index contributed by atoms with van der Waals surface area (Å²) >= 11 is 0. The predicted molar refractivity (Wildman–Crippen MR) is 67.4 cm³/mol. The van der Waals surface area contributed by atoms with E-state index < -0.39 is 0 Å². The highest BCUT2D eigenvalue weighted by Gasteiger charge is 2.01. The summed E-state index contributed by atoms with van der Waals surface area (Å²) < 4.78 is 1.77. The molecule has 0 saturated carbocycles. The van der Waals surface area contributed by atoms with Crippen molar-refractivity contribution in [3.63, 3.8) is 0 Å². The van der Waals surface area contributed by atoms with Crippen LogP contribution in [-0.2, 0) is 18.3 Å². The highest BCUT2D eigenvalue weighted by atomic mass is 16.1. The Labute approximate surface area is 102 Å². The third-order valence-electron chi connectivity index (χ3n) is 2.60. The SMILES string of the molecule is Cn1cc(CCNC(=O)CCCCCN)cn1. The minimum Gasteiger partial charge on any atom is -0.356 e. The average Bonchev–Trinajstić information content (AvgIpc) is 2.71. The predicted octanol–water partition coefficient (Wildman–Crippen LogP) is 0.598. The van der Waals surface area contributed by atoms with Crippen LogP contribution in [0.1, 0.15) is 31.2 Å². The van der Waals surface area contributed by atoms with Crippen LogP contribution < -0.4 is 11.1 Å². The van der Waals surface area contributed by atoms with E-state index in [0.29, 0.717) is 19.5 Å². The Balaban J connectivity index is 2.04. The van der Waals surface area contributed by atoms with Crippen molar-refractivity contribution in [2.24, 2.45) is 12.8 Å². The zero-order valence-electron chi connectivity index (χ0n) is 10.5. The number of aromatic nitrogens is 2. The molecule has 0 aliphatic heterocycles. The van der Waals surface area contributed by atoms with Gasteiger partial charge in [-0.1, -0.05) is 6.42 Å². The van der Waals surface area contributed by atoms with E-state index in [2.05, 4.69) is 10.4 Å². The Kier molecular flexibility index (Phi) is 6.32. The lowest BCUT2D eigenvalue weighted by Crippen LogP contribution is -2.25. The summed E-state index contributed by atoms with van der Waals surface area (Å²) in [6.07, 6.45) is 8.20. The van der Waals surface area contributed by atoms with Gasteiger partial charge in [0, 0.05) is 26.2 Å². The molecule has 3 N–H and O–H groups in total. The summed E-state index contributed by atoms with van der Waals surface area (Å²) in [5, 5.41) is 6.99. The maximum absolute atomic E-state index is 11.4. The van der Waals surface area contributed by atoms with Gasteiger partial charge in [0.2, 0.25) is 5.91 Å². The van der Waals surface area contributed by atoms with Gasteiger partial charge in [0.05, 0.1) is 6.20 Å². The summed E-state index contributed by atoms with van der Waals surface area (Å²) in [4.78, 5) is 11.4. The Bertz CT molecular complexity index is 335. The van der Waals surface area contributed by atoms with Crippen LogP contribution in [0.2, 0.25) is 0 Å². The molecule has 5 heteroatoms. The third-order valence-corrected chi connectivity index (χ3v) is 2.60. The van der Waals surface area contributed by atoms with Crippen LogP contribution in [-0.4, -0.2) is 28.8 Å². The van der Waals surface area contributed by atoms with Gasteiger partial charge in [0.1, 0.15) is 0 Å². The van der Waals surface area contributed by atoms with E-state index in [4.69, 9.17) is 5.73 Å². The monoisotopic (exact) mass is 238 g/mol. The van der Waals surface area contributed by atoms with Crippen LogP contribution in [0.4, 0.5) is 0 Å². The number of amides is 1. The van der Waals surface area contributed by atoms with Gasteiger partial charge < -0.3 is 11.1 Å². The summed E-state index contributed by atoms with van der Waals surface area (Å²) in [5.41, 5.74) is 6.53. The molecule has 0 aliphatic rings. The van der Waals surface area contributed by atoms with E-state index in [1.54, 1.807) is 4.68 Å². The number of nitrogens with one attached hydrogen (secondary N) is 1. The fraction of sp³-hybridized carbons (Fsp3) is 0.667. The molecule has 1 aromatic rings. The molecule has 0 radical (unpaired) electrons. The first-order chi connectivity index (χ1) is 8.22. The molecule has 1 rings (SSSR count). The molecule has 96 valence electrons. The average molecular weight is 238 g/mol. The van der Waals surface area contributed by atoms with Crippen molar-refractivity contribution in [2.45, 2.75) is 32.1 Å². The maximum atomic E-state index is 11.4. The molecular weight excluding hydrogens is 216 g/mol. The Morgan fingerprint density at radius 1 is 1.47 bits per heavy atom. The topological polar surface area (TPSA) is 72.9 Å². The second-order valence-electron chi connectivity index (χ2n) is 4.22. The molecule has 5 nitrogen and oxygen atoms in total. The largest absolute Gasteiger partial charge is 0.356 e. The molecule has 0 aromatic carbocycles. The molecule has 0 atom stereocenters. The summed E-state index contributed by atoms with van der Waals surface area (Å²) in [6.45, 7) is 1.39. The van der Waals surface area contributed by atoms with Crippen LogP contribution in [0.25, 0.3) is 0 Å². The molecule has 0 aliphatic carbocycles. The van der Waals surface area contributed by atoms with Crippen molar-refractivity contribution >= 4 is 5.91 Å². The first kappa shape index (κ1) is 13.7. The summed E-state index contributed by atoms with van der Waals surface area (Å²) in [7, 11) is 1.89. The lowest BCUT2D eigenvalue weighted by molar-refractivity contribution is -0.121. The van der Waals surface area contributed by atoms with Crippen LogP contribution in [0.3, 0.4) is 0 Å². The number of unbranched alkanes of at least 4 members (excludes halogenated alkanes) is 2. The van der Waals surface area contributed by atoms with Crippen molar-refractivity contribution in [3.8, 4) is 0 Å². The lowest BCUT2D eigenvalue weighted by atomic mass is 10.2. The molecule has 0 saturated heterocycles. The molecule has 17 heavy (non-hydrogen) atoms. The molecule has 1 amide bonds. The lowest BCUT2D eigenvalue weighted by Gasteiger charge is -2.03.